The van der Waals surface area contributed by atoms with E-state index in [1.807, 2.05) is 0 Å². The summed E-state index contributed by atoms with van der Waals surface area (Å²) in [4.78, 5) is 14.8. The Bertz CT molecular complexity index is 608. The first-order chi connectivity index (χ1) is 9.22. The van der Waals surface area contributed by atoms with Gasteiger partial charge in [0.1, 0.15) is 0 Å². The third kappa shape index (κ3) is 2.88. The van der Waals surface area contributed by atoms with Crippen LogP contribution >= 0.6 is 23.1 Å². The molecule has 0 unspecified atom stereocenters. The van der Waals surface area contributed by atoms with Gasteiger partial charge in [0.05, 0.1) is 15.1 Å². The standard InChI is InChI=1S/C12H13N3O2S2/c16-15(17)9-3-4-11-10(6-9)14-12(19-11)18-7-8-2-1-5-13-8/h3-4,6,8,13H,1-2,5,7H2/t8-/m1/s1. The quantitative estimate of drug-likeness (QED) is 0.533. The van der Waals surface area contributed by atoms with E-state index in [-0.39, 0.29) is 10.6 Å². The Morgan fingerprint density at radius 2 is 2.47 bits per heavy atom. The lowest BCUT2D eigenvalue weighted by Crippen LogP contribution is -2.23. The lowest BCUT2D eigenvalue weighted by Gasteiger charge is -2.06. The lowest BCUT2D eigenvalue weighted by molar-refractivity contribution is -0.384. The van der Waals surface area contributed by atoms with Crippen LogP contribution < -0.4 is 5.32 Å². The van der Waals surface area contributed by atoms with Crippen LogP contribution in [0.4, 0.5) is 5.69 Å². The number of nitro benzene ring substituents is 1. The summed E-state index contributed by atoms with van der Waals surface area (Å²) in [6, 6.07) is 5.44. The van der Waals surface area contributed by atoms with Crippen molar-refractivity contribution in [3.8, 4) is 0 Å². The maximum atomic E-state index is 10.7. The first-order valence-corrected chi connectivity index (χ1v) is 7.94. The van der Waals surface area contributed by atoms with Crippen molar-refractivity contribution >= 4 is 39.0 Å². The van der Waals surface area contributed by atoms with Gasteiger partial charge in [-0.2, -0.15) is 0 Å². The summed E-state index contributed by atoms with van der Waals surface area (Å²) in [5, 5.41) is 14.2. The van der Waals surface area contributed by atoms with E-state index in [0.29, 0.717) is 6.04 Å². The molecule has 3 rings (SSSR count). The molecule has 0 saturated carbocycles. The van der Waals surface area contributed by atoms with Crippen molar-refractivity contribution in [3.63, 3.8) is 0 Å². The minimum atomic E-state index is -0.381. The van der Waals surface area contributed by atoms with Crippen molar-refractivity contribution in [2.45, 2.75) is 23.2 Å². The van der Waals surface area contributed by atoms with Gasteiger partial charge >= 0.3 is 0 Å². The van der Waals surface area contributed by atoms with Gasteiger partial charge in [-0.25, -0.2) is 4.98 Å². The number of non-ortho nitro benzene ring substituents is 1. The number of nitrogens with zero attached hydrogens (tertiary/aromatic N) is 2. The van der Waals surface area contributed by atoms with Crippen molar-refractivity contribution < 1.29 is 4.92 Å². The van der Waals surface area contributed by atoms with E-state index < -0.39 is 0 Å². The zero-order valence-corrected chi connectivity index (χ0v) is 11.8. The summed E-state index contributed by atoms with van der Waals surface area (Å²) in [5.74, 6) is 1.02. The molecule has 0 spiro atoms. The number of hydrogen-bond donors (Lipinski definition) is 1. The molecule has 0 amide bonds. The smallest absolute Gasteiger partial charge is 0.271 e. The number of rotatable bonds is 4. The number of benzene rings is 1. The molecule has 1 fully saturated rings. The van der Waals surface area contributed by atoms with Gasteiger partial charge in [-0.15, -0.1) is 11.3 Å². The zero-order valence-electron chi connectivity index (χ0n) is 10.2. The number of fused-ring (bicyclic) bond motifs is 1. The molecule has 1 saturated heterocycles. The fourth-order valence-corrected chi connectivity index (χ4v) is 4.32. The van der Waals surface area contributed by atoms with Gasteiger partial charge < -0.3 is 5.32 Å². The Morgan fingerprint density at radius 3 is 3.21 bits per heavy atom. The molecule has 7 heteroatoms. The Balaban J connectivity index is 1.75. The molecule has 0 aliphatic carbocycles. The summed E-state index contributed by atoms with van der Waals surface area (Å²) in [7, 11) is 0. The minimum Gasteiger partial charge on any atom is -0.313 e. The van der Waals surface area contributed by atoms with Gasteiger partial charge in [-0.05, 0) is 25.5 Å². The highest BCUT2D eigenvalue weighted by atomic mass is 32.2. The average Bonchev–Trinajstić information content (AvgIpc) is 3.04. The maximum absolute atomic E-state index is 10.7. The highest BCUT2D eigenvalue weighted by Gasteiger charge is 2.16. The van der Waals surface area contributed by atoms with Gasteiger partial charge in [0, 0.05) is 23.9 Å². The summed E-state index contributed by atoms with van der Waals surface area (Å²) in [6.45, 7) is 1.11. The largest absolute Gasteiger partial charge is 0.313 e. The number of nitrogens with one attached hydrogen (secondary N) is 1. The third-order valence-electron chi connectivity index (χ3n) is 3.13. The van der Waals surface area contributed by atoms with E-state index >= 15 is 0 Å². The van der Waals surface area contributed by atoms with Crippen LogP contribution in [0.2, 0.25) is 0 Å². The molecule has 1 atom stereocenters. The Hall–Kier alpha value is -1.18. The Labute approximate surface area is 118 Å². The number of thioether (sulfide) groups is 1. The lowest BCUT2D eigenvalue weighted by atomic mass is 10.3. The van der Waals surface area contributed by atoms with Crippen LogP contribution in [0.3, 0.4) is 0 Å². The first kappa shape index (κ1) is 12.8. The molecule has 1 aliphatic heterocycles. The minimum absolute atomic E-state index is 0.104. The van der Waals surface area contributed by atoms with Crippen LogP contribution in [0.5, 0.6) is 0 Å². The van der Waals surface area contributed by atoms with Crippen molar-refractivity contribution in [2.75, 3.05) is 12.3 Å². The fourth-order valence-electron chi connectivity index (χ4n) is 2.14. The number of aromatic nitrogens is 1. The molecule has 2 aromatic rings. The molecular weight excluding hydrogens is 282 g/mol. The number of thiazole rings is 1. The molecule has 0 bridgehead atoms. The van der Waals surface area contributed by atoms with Crippen LogP contribution in [0.1, 0.15) is 12.8 Å². The molecule has 19 heavy (non-hydrogen) atoms. The summed E-state index contributed by atoms with van der Waals surface area (Å²) < 4.78 is 2.00. The van der Waals surface area contributed by atoms with E-state index in [1.165, 1.54) is 18.9 Å². The monoisotopic (exact) mass is 295 g/mol. The fraction of sp³-hybridized carbons (Fsp3) is 0.417. The van der Waals surface area contributed by atoms with Gasteiger partial charge in [0.2, 0.25) is 0 Å². The van der Waals surface area contributed by atoms with Crippen molar-refractivity contribution in [1.82, 2.24) is 10.3 Å². The summed E-state index contributed by atoms with van der Waals surface area (Å²) in [5.41, 5.74) is 0.827. The summed E-state index contributed by atoms with van der Waals surface area (Å²) in [6.07, 6.45) is 2.47. The van der Waals surface area contributed by atoms with Gasteiger partial charge in [0.15, 0.2) is 4.34 Å². The molecule has 1 aromatic heterocycles. The van der Waals surface area contributed by atoms with Crippen LogP contribution in [0.15, 0.2) is 22.5 Å². The van der Waals surface area contributed by atoms with Crippen molar-refractivity contribution in [3.05, 3.63) is 28.3 Å². The number of hydrogen-bond acceptors (Lipinski definition) is 6. The molecule has 1 aliphatic rings. The average molecular weight is 295 g/mol. The molecule has 2 heterocycles. The SMILES string of the molecule is O=[N+]([O-])c1ccc2sc(SC[C@H]3CCCN3)nc2c1. The second-order valence-electron chi connectivity index (χ2n) is 4.49. The van der Waals surface area contributed by atoms with Crippen LogP contribution in [0.25, 0.3) is 10.2 Å². The predicted octanol–water partition coefficient (Wildman–Crippen LogP) is 3.05. The third-order valence-corrected chi connectivity index (χ3v) is 5.47. The van der Waals surface area contributed by atoms with E-state index in [2.05, 4.69) is 10.3 Å². The van der Waals surface area contributed by atoms with E-state index in [9.17, 15) is 10.1 Å². The second kappa shape index (κ2) is 5.44. The Kier molecular flexibility index (Phi) is 3.67. The predicted molar refractivity (Wildman–Crippen MR) is 78.0 cm³/mol. The molecule has 100 valence electrons. The van der Waals surface area contributed by atoms with E-state index in [1.54, 1.807) is 35.2 Å². The summed E-state index contributed by atoms with van der Waals surface area (Å²) >= 11 is 3.34. The van der Waals surface area contributed by atoms with E-state index in [0.717, 1.165) is 26.9 Å². The van der Waals surface area contributed by atoms with E-state index in [4.69, 9.17) is 0 Å². The zero-order chi connectivity index (χ0) is 13.2. The molecule has 0 radical (unpaired) electrons. The van der Waals surface area contributed by atoms with Crippen LogP contribution in [-0.2, 0) is 0 Å². The van der Waals surface area contributed by atoms with Crippen molar-refractivity contribution in [2.24, 2.45) is 0 Å². The van der Waals surface area contributed by atoms with Crippen molar-refractivity contribution in [1.29, 1.82) is 0 Å². The highest BCUT2D eigenvalue weighted by molar-refractivity contribution is 8.01. The van der Waals surface area contributed by atoms with Gasteiger partial charge in [-0.1, -0.05) is 11.8 Å². The Morgan fingerprint density at radius 1 is 1.58 bits per heavy atom. The molecule has 5 nitrogen and oxygen atoms in total. The molecular formula is C12H13N3O2S2. The van der Waals surface area contributed by atoms with Crippen LogP contribution in [0, 0.1) is 10.1 Å². The van der Waals surface area contributed by atoms with Crippen LogP contribution in [-0.4, -0.2) is 28.2 Å². The second-order valence-corrected chi connectivity index (χ2v) is 6.79. The first-order valence-electron chi connectivity index (χ1n) is 6.13. The van der Waals surface area contributed by atoms with Gasteiger partial charge in [-0.3, -0.25) is 10.1 Å². The maximum Gasteiger partial charge on any atom is 0.271 e. The molecule has 1 N–H and O–H groups in total. The number of nitro groups is 1. The molecule has 1 aromatic carbocycles. The topological polar surface area (TPSA) is 68.1 Å². The normalized spacial score (nSPS) is 19.1. The highest BCUT2D eigenvalue weighted by Crippen LogP contribution is 2.32. The van der Waals surface area contributed by atoms with Gasteiger partial charge in [0.25, 0.3) is 5.69 Å².